The van der Waals surface area contributed by atoms with Crippen molar-refractivity contribution in [1.82, 2.24) is 29.9 Å². The van der Waals surface area contributed by atoms with E-state index < -0.39 is 18.4 Å². The quantitative estimate of drug-likeness (QED) is 0.328. The van der Waals surface area contributed by atoms with Crippen molar-refractivity contribution in [2.24, 2.45) is 7.05 Å². The maximum atomic E-state index is 13.1. The standard InChI is InChI=1S/C29H32F2N6O2/c1-29(30,31)17-32-28(38)20-10-8-19(9-11-20)27-34-24(36(2)35-27)15-21-12-13-23-22(26(21)18-6-7-18)16-33-37(23)25-5-3-4-14-39-25/h8-13,16,18,25H,3-7,14-15,17H2,1-2H3,(H,32,38). The topological polar surface area (TPSA) is 86.9 Å². The number of hydrogen-bond donors (Lipinski definition) is 1. The molecule has 2 fully saturated rings. The molecule has 10 heteroatoms. The molecule has 6 rings (SSSR count). The number of nitrogens with zero attached hydrogens (tertiary/aromatic N) is 5. The minimum Gasteiger partial charge on any atom is -0.356 e. The third-order valence-electron chi connectivity index (χ3n) is 7.49. The summed E-state index contributed by atoms with van der Waals surface area (Å²) in [6.45, 7) is 0.843. The molecule has 1 N–H and O–H groups in total. The molecule has 0 radical (unpaired) electrons. The van der Waals surface area contributed by atoms with Gasteiger partial charge in [0.15, 0.2) is 12.1 Å². The van der Waals surface area contributed by atoms with E-state index >= 15 is 0 Å². The number of ether oxygens (including phenoxy) is 1. The van der Waals surface area contributed by atoms with Gasteiger partial charge in [0.1, 0.15) is 5.82 Å². The van der Waals surface area contributed by atoms with Crippen molar-refractivity contribution in [3.05, 3.63) is 65.1 Å². The van der Waals surface area contributed by atoms with E-state index in [1.165, 1.54) is 29.4 Å². The molecule has 2 aromatic carbocycles. The largest absolute Gasteiger partial charge is 0.356 e. The minimum absolute atomic E-state index is 0.000467. The lowest BCUT2D eigenvalue weighted by Gasteiger charge is -2.23. The lowest BCUT2D eigenvalue weighted by molar-refractivity contribution is -0.0366. The third-order valence-corrected chi connectivity index (χ3v) is 7.49. The molecule has 204 valence electrons. The van der Waals surface area contributed by atoms with Crippen LogP contribution in [0.1, 0.15) is 78.5 Å². The summed E-state index contributed by atoms with van der Waals surface area (Å²) < 4.78 is 36.0. The fourth-order valence-corrected chi connectivity index (χ4v) is 5.31. The summed E-state index contributed by atoms with van der Waals surface area (Å²) in [5.41, 5.74) is 4.77. The molecule has 2 aliphatic rings. The highest BCUT2D eigenvalue weighted by Gasteiger charge is 2.30. The van der Waals surface area contributed by atoms with Crippen LogP contribution in [0.3, 0.4) is 0 Å². The van der Waals surface area contributed by atoms with E-state index in [-0.39, 0.29) is 6.23 Å². The van der Waals surface area contributed by atoms with Gasteiger partial charge >= 0.3 is 0 Å². The Balaban J connectivity index is 1.23. The zero-order valence-corrected chi connectivity index (χ0v) is 22.2. The first-order valence-corrected chi connectivity index (χ1v) is 13.5. The number of hydrogen-bond acceptors (Lipinski definition) is 5. The number of nitrogens with one attached hydrogen (secondary N) is 1. The van der Waals surface area contributed by atoms with Gasteiger partial charge in [0.25, 0.3) is 11.8 Å². The van der Waals surface area contributed by atoms with Crippen molar-refractivity contribution in [2.75, 3.05) is 13.2 Å². The van der Waals surface area contributed by atoms with Crippen LogP contribution in [0.25, 0.3) is 22.3 Å². The summed E-state index contributed by atoms with van der Waals surface area (Å²) in [7, 11) is 1.88. The Morgan fingerprint density at radius 2 is 1.92 bits per heavy atom. The van der Waals surface area contributed by atoms with E-state index in [1.54, 1.807) is 28.9 Å². The predicted octanol–water partition coefficient (Wildman–Crippen LogP) is 5.38. The van der Waals surface area contributed by atoms with Gasteiger partial charge in [-0.15, -0.1) is 0 Å². The van der Waals surface area contributed by atoms with Crippen LogP contribution in [-0.2, 0) is 18.2 Å². The van der Waals surface area contributed by atoms with Crippen LogP contribution in [0.15, 0.2) is 42.6 Å². The monoisotopic (exact) mass is 534 g/mol. The Kier molecular flexibility index (Phi) is 6.66. The Morgan fingerprint density at radius 1 is 1.13 bits per heavy atom. The molecule has 1 unspecified atom stereocenters. The minimum atomic E-state index is -2.96. The number of benzene rings is 2. The highest BCUT2D eigenvalue weighted by Crippen LogP contribution is 2.45. The maximum Gasteiger partial charge on any atom is 0.262 e. The summed E-state index contributed by atoms with van der Waals surface area (Å²) in [6, 6.07) is 11.0. The van der Waals surface area contributed by atoms with E-state index in [4.69, 9.17) is 14.8 Å². The molecule has 1 aliphatic carbocycles. The fraction of sp³-hybridized carbons (Fsp3) is 0.448. The van der Waals surface area contributed by atoms with Gasteiger partial charge < -0.3 is 10.1 Å². The SMILES string of the molecule is Cn1nc(-c2ccc(C(=O)NCC(C)(F)F)cc2)nc1Cc1ccc2c(cnn2C2CCCCO2)c1C1CC1. The van der Waals surface area contributed by atoms with Crippen molar-refractivity contribution in [1.29, 1.82) is 0 Å². The number of aryl methyl sites for hydroxylation is 1. The number of halogens is 2. The van der Waals surface area contributed by atoms with Crippen LogP contribution >= 0.6 is 0 Å². The normalized spacial score (nSPS) is 18.0. The maximum absolute atomic E-state index is 13.1. The van der Waals surface area contributed by atoms with Crippen molar-refractivity contribution in [3.8, 4) is 11.4 Å². The molecule has 1 saturated carbocycles. The van der Waals surface area contributed by atoms with Crippen molar-refractivity contribution >= 4 is 16.8 Å². The molecule has 4 aromatic rings. The van der Waals surface area contributed by atoms with Crippen molar-refractivity contribution < 1.29 is 18.3 Å². The molecule has 3 heterocycles. The summed E-state index contributed by atoms with van der Waals surface area (Å²) in [5, 5.41) is 12.8. The first-order chi connectivity index (χ1) is 18.8. The smallest absolute Gasteiger partial charge is 0.262 e. The molecule has 1 saturated heterocycles. The molecule has 2 aromatic heterocycles. The molecule has 1 aliphatic heterocycles. The number of carbonyl (C=O) groups is 1. The average Bonchev–Trinajstić information content (AvgIpc) is 3.57. The van der Waals surface area contributed by atoms with E-state index in [9.17, 15) is 13.6 Å². The molecule has 8 nitrogen and oxygen atoms in total. The Bertz CT molecular complexity index is 1490. The summed E-state index contributed by atoms with van der Waals surface area (Å²) >= 11 is 0. The average molecular weight is 535 g/mol. The number of fused-ring (bicyclic) bond motifs is 1. The number of rotatable bonds is 8. The summed E-state index contributed by atoms with van der Waals surface area (Å²) in [5.74, 6) is -1.58. The molecule has 0 bridgehead atoms. The number of amides is 1. The number of alkyl halides is 2. The Hall–Kier alpha value is -3.66. The first kappa shape index (κ1) is 25.6. The molecule has 39 heavy (non-hydrogen) atoms. The van der Waals surface area contributed by atoms with Gasteiger partial charge in [-0.05, 0) is 67.3 Å². The van der Waals surface area contributed by atoms with Gasteiger partial charge in [0, 0.05) is 43.5 Å². The Morgan fingerprint density at radius 3 is 2.62 bits per heavy atom. The summed E-state index contributed by atoms with van der Waals surface area (Å²) in [6.07, 6.45) is 8.23. The lowest BCUT2D eigenvalue weighted by atomic mass is 9.96. The highest BCUT2D eigenvalue weighted by atomic mass is 19.3. The molecule has 1 amide bonds. The van der Waals surface area contributed by atoms with Gasteiger partial charge in [0.05, 0.1) is 18.3 Å². The molecular weight excluding hydrogens is 502 g/mol. The number of carbonyl (C=O) groups excluding carboxylic acids is 1. The highest BCUT2D eigenvalue weighted by molar-refractivity contribution is 5.94. The zero-order chi connectivity index (χ0) is 27.1. The van der Waals surface area contributed by atoms with Gasteiger partial charge in [0.2, 0.25) is 0 Å². The zero-order valence-electron chi connectivity index (χ0n) is 22.2. The second-order valence-corrected chi connectivity index (χ2v) is 10.7. The summed E-state index contributed by atoms with van der Waals surface area (Å²) in [4.78, 5) is 17.0. The van der Waals surface area contributed by atoms with E-state index in [2.05, 4.69) is 22.5 Å². The van der Waals surface area contributed by atoms with Gasteiger partial charge in [-0.1, -0.05) is 18.2 Å². The van der Waals surface area contributed by atoms with Gasteiger partial charge in [-0.2, -0.15) is 10.2 Å². The van der Waals surface area contributed by atoms with Crippen LogP contribution in [0.5, 0.6) is 0 Å². The molecular formula is C29H32F2N6O2. The van der Waals surface area contributed by atoms with Gasteiger partial charge in [-0.25, -0.2) is 18.4 Å². The van der Waals surface area contributed by atoms with E-state index in [0.29, 0.717) is 23.7 Å². The Labute approximate surface area is 225 Å². The van der Waals surface area contributed by atoms with Crippen molar-refractivity contribution in [2.45, 2.75) is 63.5 Å². The van der Waals surface area contributed by atoms with Gasteiger partial charge in [-0.3, -0.25) is 9.48 Å². The van der Waals surface area contributed by atoms with Crippen LogP contribution in [0.2, 0.25) is 0 Å². The third kappa shape index (κ3) is 5.43. The lowest BCUT2D eigenvalue weighted by Crippen LogP contribution is -2.34. The van der Waals surface area contributed by atoms with E-state index in [0.717, 1.165) is 49.7 Å². The predicted molar refractivity (Wildman–Crippen MR) is 143 cm³/mol. The fourth-order valence-electron chi connectivity index (χ4n) is 5.31. The van der Waals surface area contributed by atoms with Crippen LogP contribution in [0.4, 0.5) is 8.78 Å². The van der Waals surface area contributed by atoms with E-state index in [1.807, 2.05) is 17.9 Å². The van der Waals surface area contributed by atoms with Crippen LogP contribution in [0, 0.1) is 0 Å². The van der Waals surface area contributed by atoms with Crippen molar-refractivity contribution in [3.63, 3.8) is 0 Å². The van der Waals surface area contributed by atoms with Crippen LogP contribution in [-0.4, -0.2) is 49.5 Å². The number of aromatic nitrogens is 5. The molecule has 1 atom stereocenters. The second-order valence-electron chi connectivity index (χ2n) is 10.7. The molecule has 0 spiro atoms. The van der Waals surface area contributed by atoms with Crippen LogP contribution < -0.4 is 5.32 Å². The second kappa shape index (κ2) is 10.1. The first-order valence-electron chi connectivity index (χ1n) is 13.5.